The van der Waals surface area contributed by atoms with Gasteiger partial charge in [0.1, 0.15) is 6.07 Å². The van der Waals surface area contributed by atoms with E-state index in [1.54, 1.807) is 11.3 Å². The number of nitriles is 1. The maximum atomic E-state index is 8.89. The first-order valence-electron chi connectivity index (χ1n) is 4.40. The highest BCUT2D eigenvalue weighted by Gasteiger charge is 2.06. The second-order valence-corrected chi connectivity index (χ2v) is 3.96. The van der Waals surface area contributed by atoms with Crippen molar-refractivity contribution in [2.45, 2.75) is 6.54 Å². The Bertz CT molecular complexity index is 493. The highest BCUT2D eigenvalue weighted by molar-refractivity contribution is 7.17. The number of thiophene rings is 1. The summed E-state index contributed by atoms with van der Waals surface area (Å²) < 4.78 is 1.22. The Morgan fingerprint density at radius 3 is 3.07 bits per heavy atom. The summed E-state index contributed by atoms with van der Waals surface area (Å²) in [6, 6.07) is 8.31. The van der Waals surface area contributed by atoms with Gasteiger partial charge in [-0.2, -0.15) is 5.26 Å². The molecular formula is C11H10N2S. The highest BCUT2D eigenvalue weighted by Crippen LogP contribution is 2.28. The van der Waals surface area contributed by atoms with Gasteiger partial charge in [-0.25, -0.2) is 0 Å². The first-order chi connectivity index (χ1) is 6.86. The van der Waals surface area contributed by atoms with Crippen LogP contribution in [0.3, 0.4) is 0 Å². The zero-order chi connectivity index (χ0) is 9.97. The van der Waals surface area contributed by atoms with Crippen LogP contribution in [0.5, 0.6) is 0 Å². The van der Waals surface area contributed by atoms with Crippen molar-refractivity contribution < 1.29 is 0 Å². The zero-order valence-corrected chi connectivity index (χ0v) is 8.69. The van der Waals surface area contributed by atoms with Crippen molar-refractivity contribution >= 4 is 21.4 Å². The van der Waals surface area contributed by atoms with Crippen molar-refractivity contribution in [1.82, 2.24) is 5.32 Å². The summed E-state index contributed by atoms with van der Waals surface area (Å²) in [5, 5.41) is 15.0. The normalized spacial score (nSPS) is 10.3. The Morgan fingerprint density at radius 2 is 2.36 bits per heavy atom. The summed E-state index contributed by atoms with van der Waals surface area (Å²) in [6.07, 6.45) is 0. The topological polar surface area (TPSA) is 35.8 Å². The van der Waals surface area contributed by atoms with Gasteiger partial charge < -0.3 is 5.32 Å². The van der Waals surface area contributed by atoms with E-state index in [-0.39, 0.29) is 0 Å². The molecule has 2 nitrogen and oxygen atoms in total. The molecule has 0 aliphatic heterocycles. The lowest BCUT2D eigenvalue weighted by atomic mass is 10.1. The van der Waals surface area contributed by atoms with Crippen LogP contribution in [0.2, 0.25) is 0 Å². The van der Waals surface area contributed by atoms with Crippen molar-refractivity contribution in [3.63, 3.8) is 0 Å². The quantitative estimate of drug-likeness (QED) is 0.812. The number of nitrogens with zero attached hydrogens (tertiary/aromatic N) is 1. The molecule has 0 unspecified atom stereocenters. The molecular weight excluding hydrogens is 192 g/mol. The van der Waals surface area contributed by atoms with Gasteiger partial charge in [-0.15, -0.1) is 11.3 Å². The summed E-state index contributed by atoms with van der Waals surface area (Å²) in [5.41, 5.74) is 2.04. The molecule has 2 rings (SSSR count). The number of hydrogen-bond donors (Lipinski definition) is 1. The fourth-order valence-electron chi connectivity index (χ4n) is 1.53. The fraction of sp³-hybridized carbons (Fsp3) is 0.182. The minimum Gasteiger partial charge on any atom is -0.316 e. The first-order valence-corrected chi connectivity index (χ1v) is 5.28. The highest BCUT2D eigenvalue weighted by atomic mass is 32.1. The van der Waals surface area contributed by atoms with E-state index in [1.165, 1.54) is 10.3 Å². The van der Waals surface area contributed by atoms with Crippen LogP contribution in [0, 0.1) is 11.3 Å². The monoisotopic (exact) mass is 202 g/mol. The van der Waals surface area contributed by atoms with Crippen LogP contribution in [0.15, 0.2) is 23.6 Å². The number of fused-ring (bicyclic) bond motifs is 1. The SMILES string of the molecule is CNCc1cccc2c(C#N)csc12. The summed E-state index contributed by atoms with van der Waals surface area (Å²) >= 11 is 1.64. The summed E-state index contributed by atoms with van der Waals surface area (Å²) in [6.45, 7) is 0.850. The lowest BCUT2D eigenvalue weighted by molar-refractivity contribution is 0.824. The van der Waals surface area contributed by atoms with E-state index in [0.717, 1.165) is 17.5 Å². The maximum absolute atomic E-state index is 8.89. The van der Waals surface area contributed by atoms with E-state index in [1.807, 2.05) is 24.6 Å². The molecule has 70 valence electrons. The van der Waals surface area contributed by atoms with Crippen molar-refractivity contribution in [3.8, 4) is 6.07 Å². The van der Waals surface area contributed by atoms with E-state index in [2.05, 4.69) is 17.5 Å². The molecule has 0 aliphatic rings. The molecule has 0 saturated carbocycles. The largest absolute Gasteiger partial charge is 0.316 e. The molecule has 1 aromatic carbocycles. The molecule has 0 amide bonds. The Kier molecular flexibility index (Phi) is 2.49. The Labute approximate surface area is 86.8 Å². The van der Waals surface area contributed by atoms with Crippen LogP contribution in [0.4, 0.5) is 0 Å². The Morgan fingerprint density at radius 1 is 1.50 bits per heavy atom. The molecule has 0 aliphatic carbocycles. The van der Waals surface area contributed by atoms with Crippen LogP contribution >= 0.6 is 11.3 Å². The zero-order valence-electron chi connectivity index (χ0n) is 7.87. The van der Waals surface area contributed by atoms with E-state index in [9.17, 15) is 0 Å². The third kappa shape index (κ3) is 1.39. The molecule has 1 N–H and O–H groups in total. The second-order valence-electron chi connectivity index (χ2n) is 3.09. The second kappa shape index (κ2) is 3.79. The smallest absolute Gasteiger partial charge is 0.101 e. The van der Waals surface area contributed by atoms with E-state index in [0.29, 0.717) is 0 Å². The van der Waals surface area contributed by atoms with E-state index in [4.69, 9.17) is 5.26 Å². The van der Waals surface area contributed by atoms with Gasteiger partial charge in [-0.3, -0.25) is 0 Å². The lowest BCUT2D eigenvalue weighted by Crippen LogP contribution is -2.04. The minimum atomic E-state index is 0.781. The van der Waals surface area contributed by atoms with Crippen molar-refractivity contribution in [2.75, 3.05) is 7.05 Å². The molecule has 14 heavy (non-hydrogen) atoms. The number of benzene rings is 1. The molecule has 0 fully saturated rings. The summed E-state index contributed by atoms with van der Waals surface area (Å²) in [4.78, 5) is 0. The first kappa shape index (κ1) is 9.20. The molecule has 3 heteroatoms. The molecule has 2 aromatic rings. The molecule has 0 atom stereocenters. The van der Waals surface area contributed by atoms with Crippen molar-refractivity contribution in [1.29, 1.82) is 5.26 Å². The number of rotatable bonds is 2. The van der Waals surface area contributed by atoms with Gasteiger partial charge in [0.15, 0.2) is 0 Å². The van der Waals surface area contributed by atoms with E-state index < -0.39 is 0 Å². The Balaban J connectivity index is 2.65. The van der Waals surface area contributed by atoms with Crippen LogP contribution in [-0.4, -0.2) is 7.05 Å². The van der Waals surface area contributed by atoms with Gasteiger partial charge in [0, 0.05) is 22.0 Å². The summed E-state index contributed by atoms with van der Waals surface area (Å²) in [5.74, 6) is 0. The molecule has 0 spiro atoms. The molecule has 0 saturated heterocycles. The Hall–Kier alpha value is -1.37. The minimum absolute atomic E-state index is 0.781. The third-order valence-corrected chi connectivity index (χ3v) is 3.24. The predicted octanol–water partition coefficient (Wildman–Crippen LogP) is 2.49. The van der Waals surface area contributed by atoms with E-state index >= 15 is 0 Å². The standard InChI is InChI=1S/C11H10N2S/c1-13-6-8-3-2-4-10-9(5-12)7-14-11(8)10/h2-4,7,13H,6H2,1H3. The predicted molar refractivity (Wildman–Crippen MR) is 59.3 cm³/mol. The van der Waals surface area contributed by atoms with Crippen molar-refractivity contribution in [2.24, 2.45) is 0 Å². The number of hydrogen-bond acceptors (Lipinski definition) is 3. The number of nitrogens with one attached hydrogen (secondary N) is 1. The average molecular weight is 202 g/mol. The van der Waals surface area contributed by atoms with Crippen LogP contribution in [0.1, 0.15) is 11.1 Å². The van der Waals surface area contributed by atoms with Crippen molar-refractivity contribution in [3.05, 3.63) is 34.7 Å². The van der Waals surface area contributed by atoms with Gasteiger partial charge in [0.05, 0.1) is 5.56 Å². The molecule has 0 radical (unpaired) electrons. The average Bonchev–Trinajstić information content (AvgIpc) is 2.62. The van der Waals surface area contributed by atoms with Gasteiger partial charge in [-0.1, -0.05) is 18.2 Å². The van der Waals surface area contributed by atoms with Crippen LogP contribution in [0.25, 0.3) is 10.1 Å². The molecule has 1 heterocycles. The van der Waals surface area contributed by atoms with Gasteiger partial charge in [-0.05, 0) is 12.6 Å². The maximum Gasteiger partial charge on any atom is 0.101 e. The lowest BCUT2D eigenvalue weighted by Gasteiger charge is -2.00. The summed E-state index contributed by atoms with van der Waals surface area (Å²) in [7, 11) is 1.93. The fourth-order valence-corrected chi connectivity index (χ4v) is 2.55. The third-order valence-electron chi connectivity index (χ3n) is 2.17. The van der Waals surface area contributed by atoms with Crippen LogP contribution in [-0.2, 0) is 6.54 Å². The van der Waals surface area contributed by atoms with Crippen LogP contribution < -0.4 is 5.32 Å². The molecule has 1 aromatic heterocycles. The molecule has 0 bridgehead atoms. The van der Waals surface area contributed by atoms with Gasteiger partial charge in [0.2, 0.25) is 0 Å². The van der Waals surface area contributed by atoms with Gasteiger partial charge in [0.25, 0.3) is 0 Å². The van der Waals surface area contributed by atoms with Gasteiger partial charge >= 0.3 is 0 Å².